The number of nitrogens with one attached hydrogen (secondary N) is 1. The third kappa shape index (κ3) is 4.67. The van der Waals surface area contributed by atoms with Crippen LogP contribution in [0.5, 0.6) is 0 Å². The van der Waals surface area contributed by atoms with Crippen molar-refractivity contribution in [3.63, 3.8) is 0 Å². The van der Waals surface area contributed by atoms with Crippen LogP contribution in [0.15, 0.2) is 34.8 Å². The standard InChI is InChI=1S/C18H24BrN3O/c1-12(2)10-17(23)20-16-11-15(18(3,4)5)21-22(16)14-8-6-13(19)7-9-14/h6-9,11-12H,10H2,1-5H3,(H,20,23). The summed E-state index contributed by atoms with van der Waals surface area (Å²) >= 11 is 3.44. The minimum Gasteiger partial charge on any atom is -0.311 e. The molecule has 5 heteroatoms. The van der Waals surface area contributed by atoms with Crippen molar-refractivity contribution in [3.05, 3.63) is 40.5 Å². The highest BCUT2D eigenvalue weighted by molar-refractivity contribution is 9.10. The van der Waals surface area contributed by atoms with Gasteiger partial charge in [-0.25, -0.2) is 4.68 Å². The third-order valence-electron chi connectivity index (χ3n) is 3.41. The molecule has 0 saturated heterocycles. The summed E-state index contributed by atoms with van der Waals surface area (Å²) in [5.41, 5.74) is 1.78. The van der Waals surface area contributed by atoms with Crippen molar-refractivity contribution in [2.75, 3.05) is 5.32 Å². The Morgan fingerprint density at radius 1 is 1.26 bits per heavy atom. The summed E-state index contributed by atoms with van der Waals surface area (Å²) in [5, 5.41) is 7.70. The Balaban J connectivity index is 2.40. The molecule has 0 aliphatic rings. The molecular weight excluding hydrogens is 354 g/mol. The van der Waals surface area contributed by atoms with E-state index in [4.69, 9.17) is 5.10 Å². The number of aromatic nitrogens is 2. The highest BCUT2D eigenvalue weighted by atomic mass is 79.9. The van der Waals surface area contributed by atoms with E-state index in [2.05, 4.69) is 42.0 Å². The number of carbonyl (C=O) groups excluding carboxylic acids is 1. The monoisotopic (exact) mass is 377 g/mol. The SMILES string of the molecule is CC(C)CC(=O)Nc1cc(C(C)(C)C)nn1-c1ccc(Br)cc1. The quantitative estimate of drug-likeness (QED) is 0.821. The second-order valence-corrected chi connectivity index (χ2v) is 8.11. The minimum atomic E-state index is -0.0852. The van der Waals surface area contributed by atoms with Crippen LogP contribution in [0.3, 0.4) is 0 Å². The first-order valence-corrected chi connectivity index (χ1v) is 8.62. The molecular formula is C18H24BrN3O. The molecule has 0 saturated carbocycles. The molecule has 0 aliphatic carbocycles. The average molecular weight is 378 g/mol. The number of hydrogen-bond acceptors (Lipinski definition) is 2. The molecule has 1 amide bonds. The van der Waals surface area contributed by atoms with Gasteiger partial charge in [-0.3, -0.25) is 4.79 Å². The Bertz CT molecular complexity index is 681. The van der Waals surface area contributed by atoms with Crippen molar-refractivity contribution < 1.29 is 4.79 Å². The highest BCUT2D eigenvalue weighted by Crippen LogP contribution is 2.27. The maximum atomic E-state index is 12.2. The number of anilines is 1. The molecule has 1 N–H and O–H groups in total. The third-order valence-corrected chi connectivity index (χ3v) is 3.94. The van der Waals surface area contributed by atoms with Crippen LogP contribution in [0.4, 0.5) is 5.82 Å². The zero-order valence-electron chi connectivity index (χ0n) is 14.4. The van der Waals surface area contributed by atoms with Gasteiger partial charge in [-0.2, -0.15) is 5.10 Å². The zero-order valence-corrected chi connectivity index (χ0v) is 15.9. The van der Waals surface area contributed by atoms with E-state index in [9.17, 15) is 4.79 Å². The molecule has 4 nitrogen and oxygen atoms in total. The second-order valence-electron chi connectivity index (χ2n) is 7.20. The molecule has 1 aromatic heterocycles. The fraction of sp³-hybridized carbons (Fsp3) is 0.444. The lowest BCUT2D eigenvalue weighted by atomic mass is 9.92. The van der Waals surface area contributed by atoms with Gasteiger partial charge in [0.15, 0.2) is 0 Å². The van der Waals surface area contributed by atoms with Gasteiger partial charge in [-0.1, -0.05) is 50.5 Å². The molecule has 2 rings (SSSR count). The Morgan fingerprint density at radius 3 is 2.39 bits per heavy atom. The molecule has 0 spiro atoms. The van der Waals surface area contributed by atoms with Gasteiger partial charge in [0.25, 0.3) is 0 Å². The Hall–Kier alpha value is -1.62. The summed E-state index contributed by atoms with van der Waals surface area (Å²) in [4.78, 5) is 12.2. The minimum absolute atomic E-state index is 0.0127. The maximum Gasteiger partial charge on any atom is 0.225 e. The fourth-order valence-electron chi connectivity index (χ4n) is 2.18. The Morgan fingerprint density at radius 2 is 1.87 bits per heavy atom. The van der Waals surface area contributed by atoms with Gasteiger partial charge in [-0.15, -0.1) is 0 Å². The molecule has 0 bridgehead atoms. The molecule has 124 valence electrons. The zero-order chi connectivity index (χ0) is 17.2. The molecule has 0 fully saturated rings. The van der Waals surface area contributed by atoms with Gasteiger partial charge < -0.3 is 5.32 Å². The summed E-state index contributed by atoms with van der Waals surface area (Å²) in [6, 6.07) is 9.84. The van der Waals surface area contributed by atoms with Crippen molar-refractivity contribution >= 4 is 27.7 Å². The van der Waals surface area contributed by atoms with Gasteiger partial charge in [0.05, 0.1) is 11.4 Å². The maximum absolute atomic E-state index is 12.2. The van der Waals surface area contributed by atoms with Crippen LogP contribution in [-0.4, -0.2) is 15.7 Å². The number of halogens is 1. The van der Waals surface area contributed by atoms with Crippen LogP contribution in [0.1, 0.15) is 46.7 Å². The number of nitrogens with zero attached hydrogens (tertiary/aromatic N) is 2. The summed E-state index contributed by atoms with van der Waals surface area (Å²) in [6.07, 6.45) is 0.496. The van der Waals surface area contributed by atoms with Crippen molar-refractivity contribution in [1.82, 2.24) is 9.78 Å². The van der Waals surface area contributed by atoms with Gasteiger partial charge >= 0.3 is 0 Å². The molecule has 0 aliphatic heterocycles. The van der Waals surface area contributed by atoms with Crippen molar-refractivity contribution in [2.24, 2.45) is 5.92 Å². The Labute approximate surface area is 146 Å². The lowest BCUT2D eigenvalue weighted by Gasteiger charge is -2.14. The van der Waals surface area contributed by atoms with Crippen LogP contribution in [-0.2, 0) is 10.2 Å². The number of hydrogen-bond donors (Lipinski definition) is 1. The van der Waals surface area contributed by atoms with E-state index in [1.807, 2.05) is 44.2 Å². The largest absolute Gasteiger partial charge is 0.311 e. The first kappa shape index (κ1) is 17.7. The highest BCUT2D eigenvalue weighted by Gasteiger charge is 2.21. The second kappa shape index (κ2) is 6.87. The lowest BCUT2D eigenvalue weighted by Crippen LogP contribution is -2.16. The van der Waals surface area contributed by atoms with Gasteiger partial charge in [-0.05, 0) is 30.2 Å². The van der Waals surface area contributed by atoms with Crippen LogP contribution >= 0.6 is 15.9 Å². The van der Waals surface area contributed by atoms with Gasteiger partial charge in [0, 0.05) is 22.4 Å². The summed E-state index contributed by atoms with van der Waals surface area (Å²) in [5.74, 6) is 1.04. The molecule has 0 radical (unpaired) electrons. The molecule has 0 unspecified atom stereocenters. The molecule has 1 aromatic carbocycles. The lowest BCUT2D eigenvalue weighted by molar-refractivity contribution is -0.116. The van der Waals surface area contributed by atoms with Crippen molar-refractivity contribution in [1.29, 1.82) is 0 Å². The predicted molar refractivity (Wildman–Crippen MR) is 98.0 cm³/mol. The molecule has 2 aromatic rings. The summed E-state index contributed by atoms with van der Waals surface area (Å²) < 4.78 is 2.81. The van der Waals surface area contributed by atoms with E-state index in [-0.39, 0.29) is 11.3 Å². The topological polar surface area (TPSA) is 46.9 Å². The smallest absolute Gasteiger partial charge is 0.225 e. The number of benzene rings is 1. The van der Waals surface area contributed by atoms with Crippen LogP contribution < -0.4 is 5.32 Å². The van der Waals surface area contributed by atoms with E-state index in [0.29, 0.717) is 18.2 Å². The van der Waals surface area contributed by atoms with Crippen LogP contribution in [0.25, 0.3) is 5.69 Å². The van der Waals surface area contributed by atoms with E-state index in [1.165, 1.54) is 0 Å². The van der Waals surface area contributed by atoms with Gasteiger partial charge in [0.2, 0.25) is 5.91 Å². The first-order chi connectivity index (χ1) is 10.7. The fourth-order valence-corrected chi connectivity index (χ4v) is 2.44. The average Bonchev–Trinajstić information content (AvgIpc) is 2.82. The van der Waals surface area contributed by atoms with E-state index < -0.39 is 0 Å². The van der Waals surface area contributed by atoms with Crippen molar-refractivity contribution in [3.8, 4) is 5.69 Å². The van der Waals surface area contributed by atoms with E-state index in [0.717, 1.165) is 15.9 Å². The van der Waals surface area contributed by atoms with Crippen LogP contribution in [0, 0.1) is 5.92 Å². The molecule has 1 heterocycles. The first-order valence-electron chi connectivity index (χ1n) is 7.83. The summed E-state index contributed by atoms with van der Waals surface area (Å²) in [6.45, 7) is 10.4. The van der Waals surface area contributed by atoms with Gasteiger partial charge in [0.1, 0.15) is 5.82 Å². The molecule has 23 heavy (non-hydrogen) atoms. The molecule has 0 atom stereocenters. The number of rotatable bonds is 4. The van der Waals surface area contributed by atoms with Crippen molar-refractivity contribution in [2.45, 2.75) is 46.5 Å². The van der Waals surface area contributed by atoms with Crippen LogP contribution in [0.2, 0.25) is 0 Å². The normalized spacial score (nSPS) is 11.8. The Kier molecular flexibility index (Phi) is 5.30. The number of amides is 1. The number of carbonyl (C=O) groups is 1. The van der Waals surface area contributed by atoms with E-state index in [1.54, 1.807) is 4.68 Å². The summed E-state index contributed by atoms with van der Waals surface area (Å²) in [7, 11) is 0. The van der Waals surface area contributed by atoms with E-state index >= 15 is 0 Å². The predicted octanol–water partition coefficient (Wildman–Crippen LogP) is 4.92.